The van der Waals surface area contributed by atoms with Crippen LogP contribution in [0.5, 0.6) is 0 Å². The zero-order valence-electron chi connectivity index (χ0n) is 16.7. The van der Waals surface area contributed by atoms with Crippen LogP contribution in [0.2, 0.25) is 0 Å². The van der Waals surface area contributed by atoms with Gasteiger partial charge in [0.1, 0.15) is 5.82 Å². The van der Waals surface area contributed by atoms with Gasteiger partial charge in [-0.1, -0.05) is 17.3 Å². The van der Waals surface area contributed by atoms with Crippen LogP contribution in [0.15, 0.2) is 45.7 Å². The highest BCUT2D eigenvalue weighted by Crippen LogP contribution is 2.53. The Bertz CT molecular complexity index is 1310. The predicted molar refractivity (Wildman–Crippen MR) is 106 cm³/mol. The third kappa shape index (κ3) is 3.88. The average Bonchev–Trinajstić information content (AvgIpc) is 3.50. The molecule has 1 amide bonds. The van der Waals surface area contributed by atoms with Crippen molar-refractivity contribution in [3.8, 4) is 0 Å². The van der Waals surface area contributed by atoms with E-state index in [0.29, 0.717) is 30.0 Å². The van der Waals surface area contributed by atoms with E-state index in [1.165, 1.54) is 24.3 Å². The quantitative estimate of drug-likeness (QED) is 0.465. The second-order valence-corrected chi connectivity index (χ2v) is 7.82. The molecule has 0 bridgehead atoms. The molecule has 1 saturated carbocycles. The predicted octanol–water partition coefficient (Wildman–Crippen LogP) is 4.28. The Morgan fingerprint density at radius 3 is 2.53 bits per heavy atom. The van der Waals surface area contributed by atoms with Crippen molar-refractivity contribution >= 4 is 28.2 Å². The molecule has 1 heterocycles. The van der Waals surface area contributed by atoms with Crippen LogP contribution in [0.25, 0.3) is 10.8 Å². The number of alkyl halides is 3. The Kier molecular flexibility index (Phi) is 5.10. The fraction of sp³-hybridized carbons (Fsp3) is 0.273. The molecular weight excluding hydrogens is 432 g/mol. The molecule has 1 aliphatic rings. The average molecular weight is 448 g/mol. The molecule has 3 aromatic rings. The maximum Gasteiger partial charge on any atom is 0.419 e. The second kappa shape index (κ2) is 7.54. The Balaban J connectivity index is 1.54. The summed E-state index contributed by atoms with van der Waals surface area (Å²) in [5, 5.41) is 6.69. The Hall–Kier alpha value is -3.56. The number of benzene rings is 2. The minimum Gasteiger partial charge on any atom is -0.319 e. The standard InChI is InChI=1S/C22H16F4N2O4/c1-11-14-9-12(5-6-13(14)20(31)32-28-11)27-19(30)17(29)10-21(7-8-21)15-3-2-4-16(18(15)23)22(24,25)26/h2-6,9H,7-8,10H2,1H3,(H,27,30). The van der Waals surface area contributed by atoms with Crippen LogP contribution in [0.1, 0.15) is 36.1 Å². The van der Waals surface area contributed by atoms with Crippen molar-refractivity contribution in [3.05, 3.63) is 69.5 Å². The number of fused-ring (bicyclic) bond motifs is 1. The number of aromatic nitrogens is 1. The van der Waals surface area contributed by atoms with Gasteiger partial charge in [-0.2, -0.15) is 13.2 Å². The van der Waals surface area contributed by atoms with E-state index in [4.69, 9.17) is 0 Å². The molecule has 1 aromatic heterocycles. The first kappa shape index (κ1) is 21.7. The molecule has 6 nitrogen and oxygen atoms in total. The van der Waals surface area contributed by atoms with Crippen molar-refractivity contribution in [1.82, 2.24) is 5.16 Å². The lowest BCUT2D eigenvalue weighted by atomic mass is 9.88. The Morgan fingerprint density at radius 2 is 1.88 bits per heavy atom. The molecule has 0 saturated heterocycles. The van der Waals surface area contributed by atoms with E-state index in [2.05, 4.69) is 15.0 Å². The number of anilines is 1. The van der Waals surface area contributed by atoms with E-state index in [-0.39, 0.29) is 16.6 Å². The summed E-state index contributed by atoms with van der Waals surface area (Å²) in [4.78, 5) is 36.7. The van der Waals surface area contributed by atoms with E-state index in [1.54, 1.807) is 6.92 Å². The Morgan fingerprint density at radius 1 is 1.16 bits per heavy atom. The zero-order chi connectivity index (χ0) is 23.3. The number of hydrogen-bond acceptors (Lipinski definition) is 5. The van der Waals surface area contributed by atoms with E-state index < -0.39 is 46.7 Å². The van der Waals surface area contributed by atoms with Gasteiger partial charge in [0, 0.05) is 22.9 Å². The van der Waals surface area contributed by atoms with Crippen LogP contribution in [0.3, 0.4) is 0 Å². The molecule has 10 heteroatoms. The van der Waals surface area contributed by atoms with Crippen LogP contribution in [0.4, 0.5) is 23.2 Å². The lowest BCUT2D eigenvalue weighted by Crippen LogP contribution is -2.27. The van der Waals surface area contributed by atoms with Crippen molar-refractivity contribution < 1.29 is 31.7 Å². The maximum absolute atomic E-state index is 14.6. The molecule has 0 aliphatic heterocycles. The SMILES string of the molecule is Cc1noc(=O)c2ccc(NC(=O)C(=O)CC3(c4cccc(C(F)(F)F)c4F)CC3)cc12. The second-order valence-electron chi connectivity index (χ2n) is 7.82. The third-order valence-electron chi connectivity index (χ3n) is 5.63. The number of aryl methyl sites for hydroxylation is 1. The van der Waals surface area contributed by atoms with Gasteiger partial charge in [0.05, 0.1) is 16.6 Å². The van der Waals surface area contributed by atoms with Crippen molar-refractivity contribution in [1.29, 1.82) is 0 Å². The number of rotatable bonds is 5. The van der Waals surface area contributed by atoms with Gasteiger partial charge in [-0.3, -0.25) is 9.59 Å². The first-order chi connectivity index (χ1) is 15.0. The first-order valence-electron chi connectivity index (χ1n) is 9.62. The zero-order valence-corrected chi connectivity index (χ0v) is 16.7. The summed E-state index contributed by atoms with van der Waals surface area (Å²) >= 11 is 0. The molecule has 0 unspecified atom stereocenters. The number of carbonyl (C=O) groups is 2. The minimum absolute atomic E-state index is 0.215. The van der Waals surface area contributed by atoms with E-state index in [0.717, 1.165) is 6.07 Å². The van der Waals surface area contributed by atoms with Crippen molar-refractivity contribution in [2.45, 2.75) is 37.8 Å². The van der Waals surface area contributed by atoms with Gasteiger partial charge in [-0.05, 0) is 49.6 Å². The number of Topliss-reactive ketones (excluding diaryl/α,β-unsaturated/α-hetero) is 1. The largest absolute Gasteiger partial charge is 0.419 e. The lowest BCUT2D eigenvalue weighted by Gasteiger charge is -2.18. The van der Waals surface area contributed by atoms with Crippen LogP contribution < -0.4 is 10.9 Å². The fourth-order valence-corrected chi connectivity index (χ4v) is 3.75. The molecular formula is C22H16F4N2O4. The molecule has 0 radical (unpaired) electrons. The summed E-state index contributed by atoms with van der Waals surface area (Å²) < 4.78 is 58.3. The van der Waals surface area contributed by atoms with Gasteiger partial charge in [-0.15, -0.1) is 0 Å². The molecule has 0 spiro atoms. The van der Waals surface area contributed by atoms with Gasteiger partial charge in [0.15, 0.2) is 0 Å². The van der Waals surface area contributed by atoms with E-state index in [1.807, 2.05) is 0 Å². The third-order valence-corrected chi connectivity index (χ3v) is 5.63. The lowest BCUT2D eigenvalue weighted by molar-refractivity contribution is -0.140. The summed E-state index contributed by atoms with van der Waals surface area (Å²) in [6, 6.07) is 7.22. The normalized spacial score (nSPS) is 14.9. The topological polar surface area (TPSA) is 89.3 Å². The van der Waals surface area contributed by atoms with Crippen LogP contribution in [0, 0.1) is 12.7 Å². The van der Waals surface area contributed by atoms with Gasteiger partial charge < -0.3 is 9.84 Å². The molecule has 32 heavy (non-hydrogen) atoms. The molecule has 166 valence electrons. The monoisotopic (exact) mass is 448 g/mol. The number of halogens is 4. The van der Waals surface area contributed by atoms with Crippen molar-refractivity contribution in [3.63, 3.8) is 0 Å². The van der Waals surface area contributed by atoms with E-state index in [9.17, 15) is 31.9 Å². The first-order valence-corrected chi connectivity index (χ1v) is 9.62. The Labute approximate surface area is 178 Å². The number of carbonyl (C=O) groups excluding carboxylic acids is 2. The smallest absolute Gasteiger partial charge is 0.319 e. The fourth-order valence-electron chi connectivity index (χ4n) is 3.75. The van der Waals surface area contributed by atoms with Crippen molar-refractivity contribution in [2.24, 2.45) is 0 Å². The molecule has 4 rings (SSSR count). The number of nitrogens with one attached hydrogen (secondary N) is 1. The maximum atomic E-state index is 14.6. The number of nitrogens with zero attached hydrogens (tertiary/aromatic N) is 1. The molecule has 0 atom stereocenters. The van der Waals surface area contributed by atoms with Crippen molar-refractivity contribution in [2.75, 3.05) is 5.32 Å². The van der Waals surface area contributed by atoms with E-state index >= 15 is 0 Å². The molecule has 1 N–H and O–H groups in total. The highest BCUT2D eigenvalue weighted by Gasteiger charge is 2.50. The molecule has 1 fully saturated rings. The molecule has 2 aromatic carbocycles. The summed E-state index contributed by atoms with van der Waals surface area (Å²) in [6.45, 7) is 1.60. The number of ketones is 1. The van der Waals surface area contributed by atoms with Gasteiger partial charge in [0.25, 0.3) is 5.91 Å². The summed E-state index contributed by atoms with van der Waals surface area (Å²) in [6.07, 6.45) is -4.70. The number of amides is 1. The minimum atomic E-state index is -4.86. The number of hydrogen-bond donors (Lipinski definition) is 1. The van der Waals surface area contributed by atoms with Gasteiger partial charge >= 0.3 is 11.8 Å². The van der Waals surface area contributed by atoms with Gasteiger partial charge in [0.2, 0.25) is 5.78 Å². The van der Waals surface area contributed by atoms with Crippen LogP contribution in [-0.4, -0.2) is 16.8 Å². The van der Waals surface area contributed by atoms with Gasteiger partial charge in [-0.25, -0.2) is 9.18 Å². The summed E-state index contributed by atoms with van der Waals surface area (Å²) in [7, 11) is 0. The highest BCUT2D eigenvalue weighted by atomic mass is 19.4. The van der Waals surface area contributed by atoms with Crippen LogP contribution in [-0.2, 0) is 21.2 Å². The summed E-state index contributed by atoms with van der Waals surface area (Å²) in [5.41, 5.74) is -2.78. The highest BCUT2D eigenvalue weighted by molar-refractivity contribution is 6.41. The summed E-state index contributed by atoms with van der Waals surface area (Å²) in [5.74, 6) is -3.29. The molecule has 1 aliphatic carbocycles. The van der Waals surface area contributed by atoms with Crippen LogP contribution >= 0.6 is 0 Å².